The second-order valence-electron chi connectivity index (χ2n) is 3.12. The molecule has 0 fully saturated rings. The van der Waals surface area contributed by atoms with Crippen molar-refractivity contribution < 1.29 is 4.79 Å². The van der Waals surface area contributed by atoms with Gasteiger partial charge in [-0.2, -0.15) is 0 Å². The summed E-state index contributed by atoms with van der Waals surface area (Å²) in [6, 6.07) is 0. The summed E-state index contributed by atoms with van der Waals surface area (Å²) in [6.07, 6.45) is 2.68. The SMILES string of the molecule is CCC(CC)(CC(C)=O)NC. The monoisotopic (exact) mass is 157 g/mol. The summed E-state index contributed by atoms with van der Waals surface area (Å²) in [7, 11) is 1.93. The lowest BCUT2D eigenvalue weighted by Gasteiger charge is -2.30. The van der Waals surface area contributed by atoms with Gasteiger partial charge in [0.1, 0.15) is 5.78 Å². The van der Waals surface area contributed by atoms with Crippen LogP contribution in [0.2, 0.25) is 0 Å². The van der Waals surface area contributed by atoms with Crippen molar-refractivity contribution in [3.05, 3.63) is 0 Å². The number of rotatable bonds is 5. The van der Waals surface area contributed by atoms with Crippen LogP contribution in [0.5, 0.6) is 0 Å². The van der Waals surface area contributed by atoms with Crippen molar-refractivity contribution in [1.29, 1.82) is 0 Å². The van der Waals surface area contributed by atoms with Crippen LogP contribution < -0.4 is 5.32 Å². The second kappa shape index (κ2) is 4.50. The van der Waals surface area contributed by atoms with Gasteiger partial charge >= 0.3 is 0 Å². The molecular formula is C9H19NO. The molecule has 0 aromatic carbocycles. The largest absolute Gasteiger partial charge is 0.314 e. The number of Topliss-reactive ketones (excluding diaryl/α,β-unsaturated/α-hetero) is 1. The van der Waals surface area contributed by atoms with Gasteiger partial charge in [0.15, 0.2) is 0 Å². The molecule has 0 aliphatic heterocycles. The smallest absolute Gasteiger partial charge is 0.131 e. The van der Waals surface area contributed by atoms with Crippen molar-refractivity contribution in [1.82, 2.24) is 5.32 Å². The molecule has 0 radical (unpaired) electrons. The molecule has 0 unspecified atom stereocenters. The molecule has 1 N–H and O–H groups in total. The highest BCUT2D eigenvalue weighted by Crippen LogP contribution is 2.18. The molecule has 0 saturated carbocycles. The van der Waals surface area contributed by atoms with Gasteiger partial charge in [0.05, 0.1) is 0 Å². The zero-order valence-corrected chi connectivity index (χ0v) is 8.03. The topological polar surface area (TPSA) is 29.1 Å². The number of carbonyl (C=O) groups is 1. The molecule has 0 aliphatic carbocycles. The van der Waals surface area contributed by atoms with Crippen LogP contribution in [0.15, 0.2) is 0 Å². The summed E-state index contributed by atoms with van der Waals surface area (Å²) < 4.78 is 0. The fourth-order valence-corrected chi connectivity index (χ4v) is 1.42. The molecule has 2 heteroatoms. The zero-order valence-electron chi connectivity index (χ0n) is 8.03. The molecular weight excluding hydrogens is 138 g/mol. The fourth-order valence-electron chi connectivity index (χ4n) is 1.42. The molecule has 11 heavy (non-hydrogen) atoms. The molecule has 0 bridgehead atoms. The third-order valence-electron chi connectivity index (χ3n) is 2.47. The van der Waals surface area contributed by atoms with Gasteiger partial charge in [0, 0.05) is 12.0 Å². The van der Waals surface area contributed by atoms with Crippen molar-refractivity contribution in [2.75, 3.05) is 7.05 Å². The molecule has 0 amide bonds. The van der Waals surface area contributed by atoms with E-state index in [4.69, 9.17) is 0 Å². The highest BCUT2D eigenvalue weighted by Gasteiger charge is 2.24. The van der Waals surface area contributed by atoms with E-state index in [2.05, 4.69) is 19.2 Å². The average Bonchev–Trinajstić information content (AvgIpc) is 2.00. The summed E-state index contributed by atoms with van der Waals surface area (Å²) in [6.45, 7) is 5.88. The Labute approximate surface area is 69.4 Å². The van der Waals surface area contributed by atoms with Crippen molar-refractivity contribution in [3.63, 3.8) is 0 Å². The first-order valence-electron chi connectivity index (χ1n) is 4.28. The van der Waals surface area contributed by atoms with Gasteiger partial charge in [-0.3, -0.25) is 4.79 Å². The van der Waals surface area contributed by atoms with Gasteiger partial charge < -0.3 is 5.32 Å². The second-order valence-corrected chi connectivity index (χ2v) is 3.12. The molecule has 0 saturated heterocycles. The standard InChI is InChI=1S/C9H19NO/c1-5-9(6-2,10-4)7-8(3)11/h10H,5-7H2,1-4H3. The van der Waals surface area contributed by atoms with Gasteiger partial charge in [-0.05, 0) is 26.8 Å². The maximum atomic E-state index is 10.9. The first kappa shape index (κ1) is 10.6. The van der Waals surface area contributed by atoms with E-state index >= 15 is 0 Å². The Morgan fingerprint density at radius 1 is 1.36 bits per heavy atom. The van der Waals surface area contributed by atoms with E-state index in [1.54, 1.807) is 6.92 Å². The van der Waals surface area contributed by atoms with Crippen LogP contribution in [0, 0.1) is 0 Å². The van der Waals surface area contributed by atoms with Crippen LogP contribution in [0.25, 0.3) is 0 Å². The minimum atomic E-state index is 0.0475. The van der Waals surface area contributed by atoms with Crippen LogP contribution in [-0.4, -0.2) is 18.4 Å². The molecule has 0 aliphatic rings. The molecule has 0 aromatic heterocycles. The summed E-state index contributed by atoms with van der Waals surface area (Å²) in [5, 5.41) is 3.23. The minimum Gasteiger partial charge on any atom is -0.314 e. The number of carbonyl (C=O) groups excluding carboxylic acids is 1. The Bertz CT molecular complexity index is 119. The van der Waals surface area contributed by atoms with Crippen LogP contribution in [0.1, 0.15) is 40.0 Å². The molecule has 66 valence electrons. The van der Waals surface area contributed by atoms with E-state index in [1.807, 2.05) is 7.05 Å². The Morgan fingerprint density at radius 3 is 1.91 bits per heavy atom. The molecule has 0 aromatic rings. The maximum Gasteiger partial charge on any atom is 0.131 e. The van der Waals surface area contributed by atoms with Crippen LogP contribution in [-0.2, 0) is 4.79 Å². The molecule has 2 nitrogen and oxygen atoms in total. The van der Waals surface area contributed by atoms with E-state index in [9.17, 15) is 4.79 Å². The van der Waals surface area contributed by atoms with Gasteiger partial charge in [0.2, 0.25) is 0 Å². The van der Waals surface area contributed by atoms with Crippen molar-refractivity contribution >= 4 is 5.78 Å². The van der Waals surface area contributed by atoms with E-state index in [0.29, 0.717) is 6.42 Å². The Hall–Kier alpha value is -0.370. The summed E-state index contributed by atoms with van der Waals surface area (Å²) in [5.74, 6) is 0.267. The highest BCUT2D eigenvalue weighted by atomic mass is 16.1. The van der Waals surface area contributed by atoms with Crippen LogP contribution in [0.3, 0.4) is 0 Å². The molecule has 0 atom stereocenters. The van der Waals surface area contributed by atoms with Crippen molar-refractivity contribution in [2.24, 2.45) is 0 Å². The van der Waals surface area contributed by atoms with Crippen LogP contribution in [0.4, 0.5) is 0 Å². The first-order chi connectivity index (χ1) is 5.10. The summed E-state index contributed by atoms with van der Waals surface area (Å²) >= 11 is 0. The summed E-state index contributed by atoms with van der Waals surface area (Å²) in [5.41, 5.74) is 0.0475. The van der Waals surface area contributed by atoms with Crippen LogP contribution >= 0.6 is 0 Å². The first-order valence-corrected chi connectivity index (χ1v) is 4.28. The number of nitrogens with one attached hydrogen (secondary N) is 1. The van der Waals surface area contributed by atoms with Crippen molar-refractivity contribution in [2.45, 2.75) is 45.6 Å². The van der Waals surface area contributed by atoms with E-state index in [-0.39, 0.29) is 11.3 Å². The quantitative estimate of drug-likeness (QED) is 0.658. The lowest BCUT2D eigenvalue weighted by Crippen LogP contribution is -2.43. The Morgan fingerprint density at radius 2 is 1.82 bits per heavy atom. The molecule has 0 rings (SSSR count). The third-order valence-corrected chi connectivity index (χ3v) is 2.47. The number of hydrogen-bond acceptors (Lipinski definition) is 2. The van der Waals surface area contributed by atoms with E-state index < -0.39 is 0 Å². The average molecular weight is 157 g/mol. The summed E-state index contributed by atoms with van der Waals surface area (Å²) in [4.78, 5) is 10.9. The van der Waals surface area contributed by atoms with Gasteiger partial charge in [0.25, 0.3) is 0 Å². The predicted octanol–water partition coefficient (Wildman–Crippen LogP) is 1.74. The lowest BCUT2D eigenvalue weighted by atomic mass is 9.88. The maximum absolute atomic E-state index is 10.9. The van der Waals surface area contributed by atoms with Gasteiger partial charge in [-0.1, -0.05) is 13.8 Å². The minimum absolute atomic E-state index is 0.0475. The molecule has 0 heterocycles. The normalized spacial score (nSPS) is 11.6. The fraction of sp³-hybridized carbons (Fsp3) is 0.889. The lowest BCUT2D eigenvalue weighted by molar-refractivity contribution is -0.118. The highest BCUT2D eigenvalue weighted by molar-refractivity contribution is 5.76. The predicted molar refractivity (Wildman–Crippen MR) is 47.7 cm³/mol. The van der Waals surface area contributed by atoms with Gasteiger partial charge in [-0.15, -0.1) is 0 Å². The van der Waals surface area contributed by atoms with Crippen molar-refractivity contribution in [3.8, 4) is 0 Å². The Kier molecular flexibility index (Phi) is 4.34. The zero-order chi connectivity index (χ0) is 8.91. The number of ketones is 1. The molecule has 0 spiro atoms. The Balaban J connectivity index is 4.16. The third kappa shape index (κ3) is 3.02. The van der Waals surface area contributed by atoms with Gasteiger partial charge in [-0.25, -0.2) is 0 Å². The van der Waals surface area contributed by atoms with E-state index in [0.717, 1.165) is 12.8 Å². The number of hydrogen-bond donors (Lipinski definition) is 1. The van der Waals surface area contributed by atoms with E-state index in [1.165, 1.54) is 0 Å².